The van der Waals surface area contributed by atoms with E-state index in [1.807, 2.05) is 0 Å². The first-order valence-electron chi connectivity index (χ1n) is 6.07. The van der Waals surface area contributed by atoms with E-state index < -0.39 is 5.97 Å². The van der Waals surface area contributed by atoms with E-state index >= 15 is 0 Å². The lowest BCUT2D eigenvalue weighted by atomic mass is 9.95. The van der Waals surface area contributed by atoms with Crippen molar-refractivity contribution in [1.29, 1.82) is 0 Å². The lowest BCUT2D eigenvalue weighted by Crippen LogP contribution is -2.45. The largest absolute Gasteiger partial charge is 0.481 e. The number of carbonyl (C=O) groups is 2. The summed E-state index contributed by atoms with van der Waals surface area (Å²) in [7, 11) is 0. The fourth-order valence-electron chi connectivity index (χ4n) is 2.47. The standard InChI is InChI=1S/C12H19NO3/c1-2-12(5-6-12)8-13-7-9(11(15)16)3-4-10(13)14/h9H,2-8H2,1H3,(H,15,16). The predicted octanol–water partition coefficient (Wildman–Crippen LogP) is 1.50. The minimum absolute atomic E-state index is 0.136. The molecular formula is C12H19NO3. The van der Waals surface area contributed by atoms with Gasteiger partial charge in [0, 0.05) is 19.5 Å². The number of likely N-dealkylation sites (tertiary alicyclic amines) is 1. The maximum absolute atomic E-state index is 11.7. The quantitative estimate of drug-likeness (QED) is 0.788. The third kappa shape index (κ3) is 2.20. The number of nitrogens with zero attached hydrogens (tertiary/aromatic N) is 1. The summed E-state index contributed by atoms with van der Waals surface area (Å²) in [4.78, 5) is 24.4. The van der Waals surface area contributed by atoms with E-state index in [4.69, 9.17) is 5.11 Å². The van der Waals surface area contributed by atoms with Crippen molar-refractivity contribution in [3.05, 3.63) is 0 Å². The summed E-state index contributed by atoms with van der Waals surface area (Å²) in [6, 6.07) is 0. The van der Waals surface area contributed by atoms with E-state index in [1.54, 1.807) is 4.90 Å². The van der Waals surface area contributed by atoms with Crippen LogP contribution in [0, 0.1) is 11.3 Å². The van der Waals surface area contributed by atoms with Gasteiger partial charge in [0.2, 0.25) is 5.91 Å². The zero-order chi connectivity index (χ0) is 11.8. The first kappa shape index (κ1) is 11.4. The zero-order valence-electron chi connectivity index (χ0n) is 9.74. The molecule has 0 aromatic heterocycles. The number of carboxylic acid groups (broad SMARTS) is 1. The Labute approximate surface area is 95.6 Å². The molecule has 1 unspecified atom stereocenters. The van der Waals surface area contributed by atoms with Crippen LogP contribution >= 0.6 is 0 Å². The molecule has 0 aromatic carbocycles. The van der Waals surface area contributed by atoms with Crippen LogP contribution in [0.2, 0.25) is 0 Å². The maximum Gasteiger partial charge on any atom is 0.308 e. The number of rotatable bonds is 4. The molecule has 0 aromatic rings. The van der Waals surface area contributed by atoms with Gasteiger partial charge in [-0.3, -0.25) is 9.59 Å². The van der Waals surface area contributed by atoms with Crippen LogP contribution in [0.3, 0.4) is 0 Å². The molecule has 0 bridgehead atoms. The van der Waals surface area contributed by atoms with Gasteiger partial charge in [0.15, 0.2) is 0 Å². The normalized spacial score (nSPS) is 27.9. The van der Waals surface area contributed by atoms with E-state index in [-0.39, 0.29) is 11.8 Å². The van der Waals surface area contributed by atoms with Gasteiger partial charge >= 0.3 is 5.97 Å². The molecule has 1 N–H and O–H groups in total. The molecule has 1 amide bonds. The minimum Gasteiger partial charge on any atom is -0.481 e. The molecule has 2 fully saturated rings. The maximum atomic E-state index is 11.7. The van der Waals surface area contributed by atoms with Crippen molar-refractivity contribution < 1.29 is 14.7 Å². The second-order valence-corrected chi connectivity index (χ2v) is 5.20. The third-order valence-electron chi connectivity index (χ3n) is 4.08. The van der Waals surface area contributed by atoms with Gasteiger partial charge in [-0.25, -0.2) is 0 Å². The molecule has 4 heteroatoms. The molecule has 4 nitrogen and oxygen atoms in total. The Balaban J connectivity index is 1.96. The first-order chi connectivity index (χ1) is 7.56. The van der Waals surface area contributed by atoms with Crippen LogP contribution in [-0.2, 0) is 9.59 Å². The molecule has 1 saturated carbocycles. The lowest BCUT2D eigenvalue weighted by Gasteiger charge is -2.33. The van der Waals surface area contributed by atoms with Gasteiger partial charge in [-0.1, -0.05) is 6.92 Å². The van der Waals surface area contributed by atoms with E-state index in [1.165, 1.54) is 12.8 Å². The van der Waals surface area contributed by atoms with Crippen molar-refractivity contribution in [2.24, 2.45) is 11.3 Å². The third-order valence-corrected chi connectivity index (χ3v) is 4.08. The highest BCUT2D eigenvalue weighted by atomic mass is 16.4. The number of carboxylic acids is 1. The molecule has 1 atom stereocenters. The second kappa shape index (κ2) is 4.07. The van der Waals surface area contributed by atoms with Crippen molar-refractivity contribution in [3.63, 3.8) is 0 Å². The van der Waals surface area contributed by atoms with Crippen molar-refractivity contribution in [3.8, 4) is 0 Å². The Morgan fingerprint density at radius 3 is 2.75 bits per heavy atom. The van der Waals surface area contributed by atoms with Crippen LogP contribution in [0.15, 0.2) is 0 Å². The zero-order valence-corrected chi connectivity index (χ0v) is 9.74. The number of hydrogen-bond donors (Lipinski definition) is 1. The summed E-state index contributed by atoms with van der Waals surface area (Å²) in [6.07, 6.45) is 4.37. The van der Waals surface area contributed by atoms with Crippen LogP contribution in [0.1, 0.15) is 39.0 Å². The van der Waals surface area contributed by atoms with Gasteiger partial charge in [-0.15, -0.1) is 0 Å². The second-order valence-electron chi connectivity index (χ2n) is 5.20. The summed E-state index contributed by atoms with van der Waals surface area (Å²) < 4.78 is 0. The molecule has 1 aliphatic heterocycles. The number of carbonyl (C=O) groups excluding carboxylic acids is 1. The van der Waals surface area contributed by atoms with Crippen molar-refractivity contribution in [2.45, 2.75) is 39.0 Å². The van der Waals surface area contributed by atoms with Gasteiger partial charge in [0.1, 0.15) is 0 Å². The fraction of sp³-hybridized carbons (Fsp3) is 0.833. The molecule has 1 heterocycles. The average molecular weight is 225 g/mol. The first-order valence-corrected chi connectivity index (χ1v) is 6.07. The van der Waals surface area contributed by atoms with Crippen LogP contribution in [0.25, 0.3) is 0 Å². The molecule has 2 aliphatic rings. The van der Waals surface area contributed by atoms with Crippen molar-refractivity contribution in [1.82, 2.24) is 4.90 Å². The summed E-state index contributed by atoms with van der Waals surface area (Å²) in [5.41, 5.74) is 0.316. The Bertz CT molecular complexity index is 309. The van der Waals surface area contributed by atoms with Crippen LogP contribution in [-0.4, -0.2) is 35.0 Å². The molecule has 1 saturated heterocycles. The smallest absolute Gasteiger partial charge is 0.308 e. The Morgan fingerprint density at radius 2 is 2.25 bits per heavy atom. The fourth-order valence-corrected chi connectivity index (χ4v) is 2.47. The number of aliphatic carboxylic acids is 1. The molecular weight excluding hydrogens is 206 g/mol. The van der Waals surface area contributed by atoms with Gasteiger partial charge < -0.3 is 10.0 Å². The SMILES string of the molecule is CCC1(CN2CC(C(=O)O)CCC2=O)CC1. The minimum atomic E-state index is -0.765. The monoisotopic (exact) mass is 225 g/mol. The van der Waals surface area contributed by atoms with Crippen LogP contribution in [0.4, 0.5) is 0 Å². The highest BCUT2D eigenvalue weighted by Crippen LogP contribution is 2.49. The van der Waals surface area contributed by atoms with E-state index in [9.17, 15) is 9.59 Å². The molecule has 1 aliphatic carbocycles. The molecule has 90 valence electrons. The number of hydrogen-bond acceptors (Lipinski definition) is 2. The van der Waals surface area contributed by atoms with E-state index in [2.05, 4.69) is 6.92 Å². The molecule has 0 spiro atoms. The number of amides is 1. The topological polar surface area (TPSA) is 57.6 Å². The van der Waals surface area contributed by atoms with Crippen molar-refractivity contribution in [2.75, 3.05) is 13.1 Å². The number of piperidine rings is 1. The van der Waals surface area contributed by atoms with Gasteiger partial charge in [0.05, 0.1) is 5.92 Å². The van der Waals surface area contributed by atoms with Crippen molar-refractivity contribution >= 4 is 11.9 Å². The average Bonchev–Trinajstić information content (AvgIpc) is 3.02. The summed E-state index contributed by atoms with van der Waals surface area (Å²) >= 11 is 0. The summed E-state index contributed by atoms with van der Waals surface area (Å²) in [6.45, 7) is 3.33. The van der Waals surface area contributed by atoms with Crippen LogP contribution < -0.4 is 0 Å². The van der Waals surface area contributed by atoms with Gasteiger partial charge in [-0.05, 0) is 31.1 Å². The Morgan fingerprint density at radius 1 is 1.56 bits per heavy atom. The molecule has 0 radical (unpaired) electrons. The summed E-state index contributed by atoms with van der Waals surface area (Å²) in [5, 5.41) is 8.98. The predicted molar refractivity (Wildman–Crippen MR) is 58.9 cm³/mol. The molecule has 2 rings (SSSR count). The highest BCUT2D eigenvalue weighted by Gasteiger charge is 2.44. The van der Waals surface area contributed by atoms with Gasteiger partial charge in [-0.2, -0.15) is 0 Å². The summed E-state index contributed by atoms with van der Waals surface area (Å²) in [5.74, 6) is -0.985. The van der Waals surface area contributed by atoms with E-state index in [0.717, 1.165) is 13.0 Å². The van der Waals surface area contributed by atoms with E-state index in [0.29, 0.717) is 24.8 Å². The lowest BCUT2D eigenvalue weighted by molar-refractivity contribution is -0.147. The Kier molecular flexibility index (Phi) is 2.91. The van der Waals surface area contributed by atoms with Gasteiger partial charge in [0.25, 0.3) is 0 Å². The molecule has 16 heavy (non-hydrogen) atoms. The van der Waals surface area contributed by atoms with Crippen LogP contribution in [0.5, 0.6) is 0 Å². The Hall–Kier alpha value is -1.06. The highest BCUT2D eigenvalue weighted by molar-refractivity contribution is 5.80.